The zero-order valence-electron chi connectivity index (χ0n) is 12.1. The molecule has 9 heteroatoms. The van der Waals surface area contributed by atoms with Crippen LogP contribution in [0.1, 0.15) is 6.42 Å². The second-order valence-electron chi connectivity index (χ2n) is 4.75. The number of hydrogen-bond acceptors (Lipinski definition) is 3. The molecule has 0 fully saturated rings. The first-order valence-corrected chi connectivity index (χ1v) is 9.25. The minimum Gasteiger partial charge on any atom is -0.481 e. The smallest absolute Gasteiger partial charge is 0.305 e. The number of benzene rings is 2. The Morgan fingerprint density at radius 3 is 2.33 bits per heavy atom. The van der Waals surface area contributed by atoms with Crippen LogP contribution >= 0.6 is 34.8 Å². The van der Waals surface area contributed by atoms with E-state index in [9.17, 15) is 13.2 Å². The Hall–Kier alpha value is -1.47. The standard InChI is InChI=1S/C15H12Cl3NO4S/c16-10-5-6-12(18)14(9-10)24(22,23)19(8-7-15(20)21)13-4-2-1-3-11(13)17/h1-6,9H,7-8H2,(H,20,21). The number of sulfonamides is 1. The van der Waals surface area contributed by atoms with Gasteiger partial charge in [-0.25, -0.2) is 8.42 Å². The molecule has 2 aromatic rings. The highest BCUT2D eigenvalue weighted by molar-refractivity contribution is 7.93. The third-order valence-corrected chi connectivity index (χ3v) is 5.96. The van der Waals surface area contributed by atoms with Gasteiger partial charge in [0.25, 0.3) is 10.0 Å². The molecule has 0 bridgehead atoms. The number of rotatable bonds is 6. The van der Waals surface area contributed by atoms with Gasteiger partial charge >= 0.3 is 5.97 Å². The second kappa shape index (κ2) is 7.61. The summed E-state index contributed by atoms with van der Waals surface area (Å²) in [6, 6.07) is 10.3. The molecule has 0 aliphatic carbocycles. The summed E-state index contributed by atoms with van der Waals surface area (Å²) in [5, 5.41) is 9.25. The van der Waals surface area contributed by atoms with Crippen molar-refractivity contribution in [2.75, 3.05) is 10.8 Å². The van der Waals surface area contributed by atoms with Gasteiger partial charge in [-0.15, -0.1) is 0 Å². The minimum absolute atomic E-state index is 0.0215. The van der Waals surface area contributed by atoms with E-state index in [-0.39, 0.29) is 32.2 Å². The normalized spacial score (nSPS) is 11.3. The largest absolute Gasteiger partial charge is 0.481 e. The molecule has 0 aliphatic rings. The Morgan fingerprint density at radius 1 is 1.04 bits per heavy atom. The SMILES string of the molecule is O=C(O)CCN(c1ccccc1Cl)S(=O)(=O)c1cc(Cl)ccc1Cl. The van der Waals surface area contributed by atoms with Gasteiger partial charge in [-0.05, 0) is 30.3 Å². The summed E-state index contributed by atoms with van der Waals surface area (Å²) in [6.45, 7) is -0.301. The topological polar surface area (TPSA) is 74.7 Å². The summed E-state index contributed by atoms with van der Waals surface area (Å²) in [6.07, 6.45) is -0.400. The van der Waals surface area contributed by atoms with Gasteiger partial charge in [0.2, 0.25) is 0 Å². The van der Waals surface area contributed by atoms with Gasteiger partial charge in [0, 0.05) is 11.6 Å². The fourth-order valence-electron chi connectivity index (χ4n) is 2.01. The number of carboxylic acid groups (broad SMARTS) is 1. The number of halogens is 3. The molecule has 2 aromatic carbocycles. The van der Waals surface area contributed by atoms with E-state index < -0.39 is 22.4 Å². The molecule has 5 nitrogen and oxygen atoms in total. The molecular formula is C15H12Cl3NO4S. The monoisotopic (exact) mass is 407 g/mol. The summed E-state index contributed by atoms with van der Waals surface area (Å²) in [5.41, 5.74) is 0.163. The summed E-state index contributed by atoms with van der Waals surface area (Å²) < 4.78 is 26.9. The van der Waals surface area contributed by atoms with E-state index in [1.54, 1.807) is 12.1 Å². The van der Waals surface area contributed by atoms with Crippen molar-refractivity contribution in [2.45, 2.75) is 11.3 Å². The van der Waals surface area contributed by atoms with Crippen molar-refractivity contribution in [3.8, 4) is 0 Å². The van der Waals surface area contributed by atoms with Crippen LogP contribution in [0.4, 0.5) is 5.69 Å². The summed E-state index contributed by atoms with van der Waals surface area (Å²) in [4.78, 5) is 10.7. The zero-order valence-corrected chi connectivity index (χ0v) is 15.2. The lowest BCUT2D eigenvalue weighted by Gasteiger charge is -2.25. The first-order valence-electron chi connectivity index (χ1n) is 6.67. The number of hydrogen-bond donors (Lipinski definition) is 1. The Labute approximate surface area is 154 Å². The molecule has 0 spiro atoms. The molecule has 0 radical (unpaired) electrons. The van der Waals surface area contributed by atoms with E-state index in [0.29, 0.717) is 0 Å². The quantitative estimate of drug-likeness (QED) is 0.772. The fraction of sp³-hybridized carbons (Fsp3) is 0.133. The van der Waals surface area contributed by atoms with E-state index >= 15 is 0 Å². The van der Waals surface area contributed by atoms with E-state index in [1.807, 2.05) is 0 Å². The van der Waals surface area contributed by atoms with Crippen molar-refractivity contribution in [3.63, 3.8) is 0 Å². The van der Waals surface area contributed by atoms with Crippen LogP contribution in [0.2, 0.25) is 15.1 Å². The molecule has 0 atom stereocenters. The highest BCUT2D eigenvalue weighted by Crippen LogP contribution is 2.34. The van der Waals surface area contributed by atoms with Crippen LogP contribution in [0.5, 0.6) is 0 Å². The molecule has 0 unspecified atom stereocenters. The number of carbonyl (C=O) groups is 1. The third-order valence-electron chi connectivity index (χ3n) is 3.11. The number of nitrogens with zero attached hydrogens (tertiary/aromatic N) is 1. The van der Waals surface area contributed by atoms with Crippen LogP contribution in [0.3, 0.4) is 0 Å². The van der Waals surface area contributed by atoms with Crippen LogP contribution in [0.25, 0.3) is 0 Å². The Bertz CT molecular complexity index is 871. The van der Waals surface area contributed by atoms with Crippen LogP contribution in [-0.4, -0.2) is 26.0 Å². The van der Waals surface area contributed by atoms with E-state index in [0.717, 1.165) is 4.31 Å². The Balaban J connectivity index is 2.59. The van der Waals surface area contributed by atoms with Gasteiger partial charge < -0.3 is 5.11 Å². The molecule has 0 amide bonds. The van der Waals surface area contributed by atoms with Crippen LogP contribution in [0.15, 0.2) is 47.4 Å². The predicted molar refractivity (Wildman–Crippen MR) is 94.7 cm³/mol. The van der Waals surface area contributed by atoms with E-state index in [4.69, 9.17) is 39.9 Å². The lowest BCUT2D eigenvalue weighted by Crippen LogP contribution is -2.33. The third kappa shape index (κ3) is 4.13. The van der Waals surface area contributed by atoms with Gasteiger partial charge in [-0.2, -0.15) is 0 Å². The van der Waals surface area contributed by atoms with Crippen molar-refractivity contribution in [1.29, 1.82) is 0 Å². The first kappa shape index (κ1) is 18.9. The maximum absolute atomic E-state index is 13.0. The summed E-state index contributed by atoms with van der Waals surface area (Å²) in [5.74, 6) is -1.14. The lowest BCUT2D eigenvalue weighted by molar-refractivity contribution is -0.136. The first-order chi connectivity index (χ1) is 11.2. The number of carboxylic acids is 1. The zero-order chi connectivity index (χ0) is 17.9. The van der Waals surface area contributed by atoms with Gasteiger partial charge in [-0.1, -0.05) is 46.9 Å². The van der Waals surface area contributed by atoms with Gasteiger partial charge in [0.15, 0.2) is 0 Å². The van der Waals surface area contributed by atoms with Gasteiger partial charge in [-0.3, -0.25) is 9.10 Å². The van der Waals surface area contributed by atoms with Crippen molar-refractivity contribution >= 4 is 56.5 Å². The highest BCUT2D eigenvalue weighted by atomic mass is 35.5. The summed E-state index contributed by atoms with van der Waals surface area (Å²) in [7, 11) is -4.16. The fourth-order valence-corrected chi connectivity index (χ4v) is 4.53. The highest BCUT2D eigenvalue weighted by Gasteiger charge is 2.29. The minimum atomic E-state index is -4.16. The van der Waals surface area contributed by atoms with E-state index in [1.165, 1.54) is 30.3 Å². The average molecular weight is 409 g/mol. The Kier molecular flexibility index (Phi) is 5.98. The van der Waals surface area contributed by atoms with E-state index in [2.05, 4.69) is 0 Å². The van der Waals surface area contributed by atoms with Crippen molar-refractivity contribution < 1.29 is 18.3 Å². The number of aliphatic carboxylic acids is 1. The van der Waals surface area contributed by atoms with Crippen molar-refractivity contribution in [2.24, 2.45) is 0 Å². The summed E-state index contributed by atoms with van der Waals surface area (Å²) >= 11 is 18.0. The molecule has 0 saturated carbocycles. The molecule has 24 heavy (non-hydrogen) atoms. The predicted octanol–water partition coefficient (Wildman–Crippen LogP) is 4.32. The van der Waals surface area contributed by atoms with Gasteiger partial charge in [0.05, 0.1) is 22.2 Å². The molecule has 0 aromatic heterocycles. The molecule has 2 rings (SSSR count). The number of anilines is 1. The lowest BCUT2D eigenvalue weighted by atomic mass is 10.3. The van der Waals surface area contributed by atoms with Crippen LogP contribution < -0.4 is 4.31 Å². The average Bonchev–Trinajstić information content (AvgIpc) is 2.51. The second-order valence-corrected chi connectivity index (χ2v) is 7.83. The molecule has 0 aliphatic heterocycles. The van der Waals surface area contributed by atoms with Crippen molar-refractivity contribution in [3.05, 3.63) is 57.5 Å². The maximum Gasteiger partial charge on any atom is 0.305 e. The number of para-hydroxylation sites is 1. The molecular weight excluding hydrogens is 397 g/mol. The maximum atomic E-state index is 13.0. The molecule has 1 N–H and O–H groups in total. The molecule has 0 heterocycles. The van der Waals surface area contributed by atoms with Crippen LogP contribution in [-0.2, 0) is 14.8 Å². The molecule has 0 saturated heterocycles. The van der Waals surface area contributed by atoms with Gasteiger partial charge in [0.1, 0.15) is 4.90 Å². The van der Waals surface area contributed by atoms with Crippen molar-refractivity contribution in [1.82, 2.24) is 0 Å². The van der Waals surface area contributed by atoms with Crippen LogP contribution in [0, 0.1) is 0 Å². The Morgan fingerprint density at radius 2 is 1.71 bits per heavy atom. The molecule has 128 valence electrons.